The summed E-state index contributed by atoms with van der Waals surface area (Å²) in [6.45, 7) is 0. The Morgan fingerprint density at radius 1 is 1.67 bits per heavy atom. The minimum absolute atomic E-state index is 0.782. The fourth-order valence-electron chi connectivity index (χ4n) is 0.118. The van der Waals surface area contributed by atoms with Crippen molar-refractivity contribution in [3.05, 3.63) is 0 Å². The van der Waals surface area contributed by atoms with Gasteiger partial charge in [0.2, 0.25) is 0 Å². The van der Waals surface area contributed by atoms with Crippen LogP contribution in [-0.4, -0.2) is 43.3 Å². The van der Waals surface area contributed by atoms with Crippen LogP contribution in [-0.2, 0) is 0 Å². The third-order valence-corrected chi connectivity index (χ3v) is 3.75. The molecule has 0 aliphatic heterocycles. The van der Waals surface area contributed by atoms with Crippen molar-refractivity contribution in [1.29, 1.82) is 0 Å². The molecular formula is C3H6Se3-. The van der Waals surface area contributed by atoms with Crippen LogP contribution in [0.2, 0.25) is 10.6 Å². The summed E-state index contributed by atoms with van der Waals surface area (Å²) in [4.78, 5) is 0. The van der Waals surface area contributed by atoms with E-state index in [1.807, 2.05) is 0 Å². The van der Waals surface area contributed by atoms with Gasteiger partial charge in [0.05, 0.1) is 0 Å². The third-order valence-electron chi connectivity index (χ3n) is 0.372. The summed E-state index contributed by atoms with van der Waals surface area (Å²) in [5, 5.41) is 2.61. The van der Waals surface area contributed by atoms with Gasteiger partial charge in [-0.25, -0.2) is 0 Å². The van der Waals surface area contributed by atoms with Crippen molar-refractivity contribution >= 4 is 43.3 Å². The van der Waals surface area contributed by atoms with Crippen molar-refractivity contribution in [3.8, 4) is 0 Å². The van der Waals surface area contributed by atoms with Crippen molar-refractivity contribution in [2.75, 3.05) is 0 Å². The Morgan fingerprint density at radius 3 is 2.50 bits per heavy atom. The second-order valence-corrected chi connectivity index (χ2v) is 5.66. The van der Waals surface area contributed by atoms with E-state index in [4.69, 9.17) is 0 Å². The molecule has 0 unspecified atom stereocenters. The normalized spacial score (nSPS) is 9.00. The van der Waals surface area contributed by atoms with E-state index < -0.39 is 0 Å². The van der Waals surface area contributed by atoms with E-state index in [1.165, 1.54) is 17.1 Å². The van der Waals surface area contributed by atoms with Crippen molar-refractivity contribution in [2.24, 2.45) is 0 Å². The molecule has 0 aliphatic carbocycles. The molecule has 0 aromatic rings. The summed E-state index contributed by atoms with van der Waals surface area (Å²) in [6.07, 6.45) is 1.35. The molecule has 0 aromatic heterocycles. The van der Waals surface area contributed by atoms with Crippen LogP contribution in [0.25, 0.3) is 0 Å². The molecule has 37 valence electrons. The fourth-order valence-corrected chi connectivity index (χ4v) is 3.18. The second-order valence-electron chi connectivity index (χ2n) is 0.880. The molecule has 0 atom stereocenters. The van der Waals surface area contributed by atoms with Gasteiger partial charge in [0, 0.05) is 0 Å². The molecule has 1 radical (unpaired) electrons. The van der Waals surface area contributed by atoms with Gasteiger partial charge >= 0.3 is 60.4 Å². The van der Waals surface area contributed by atoms with Gasteiger partial charge in [0.25, 0.3) is 0 Å². The average Bonchev–Trinajstić information content (AvgIpc) is 1.61. The first-order chi connectivity index (χ1) is 2.91. The van der Waals surface area contributed by atoms with E-state index >= 15 is 0 Å². The molecule has 0 saturated carbocycles. The summed E-state index contributed by atoms with van der Waals surface area (Å²) < 4.78 is 0. The maximum absolute atomic E-state index is 3.03. The van der Waals surface area contributed by atoms with Crippen molar-refractivity contribution < 1.29 is 0 Å². The second kappa shape index (κ2) is 6.56. The molecule has 0 heterocycles. The zero-order valence-electron chi connectivity index (χ0n) is 3.35. The van der Waals surface area contributed by atoms with E-state index in [0.717, 1.165) is 13.1 Å². The molecule has 0 aliphatic rings. The Labute approximate surface area is 60.2 Å². The maximum atomic E-state index is 3.03. The van der Waals surface area contributed by atoms with Gasteiger partial charge in [-0.05, 0) is 0 Å². The zero-order chi connectivity index (χ0) is 4.83. The molecule has 0 fully saturated rings. The summed E-state index contributed by atoms with van der Waals surface area (Å²) in [5.74, 6) is 0. The van der Waals surface area contributed by atoms with Crippen molar-refractivity contribution in [3.63, 3.8) is 0 Å². The van der Waals surface area contributed by atoms with Gasteiger partial charge in [0.15, 0.2) is 0 Å². The number of rotatable bonds is 3. The predicted molar refractivity (Wildman–Crippen MR) is 31.5 cm³/mol. The van der Waals surface area contributed by atoms with Crippen LogP contribution in [0.15, 0.2) is 0 Å². The predicted octanol–water partition coefficient (Wildman–Crippen LogP) is 0.169. The van der Waals surface area contributed by atoms with Crippen LogP contribution in [0.3, 0.4) is 0 Å². The van der Waals surface area contributed by atoms with E-state index in [-0.39, 0.29) is 0 Å². The van der Waals surface area contributed by atoms with E-state index in [1.54, 1.807) is 0 Å². The summed E-state index contributed by atoms with van der Waals surface area (Å²) >= 11 is 6.78. The molecule has 3 heteroatoms. The van der Waals surface area contributed by atoms with Crippen LogP contribution in [0.1, 0.15) is 6.42 Å². The number of hydrogen-bond acceptors (Lipinski definition) is 0. The molecular weight excluding hydrogens is 273 g/mol. The standard InChI is InChI=1S/C3H7Se3/c4-2-1-3-6-5/h4H,1-3H2/p-1. The quantitative estimate of drug-likeness (QED) is 0.510. The topological polar surface area (TPSA) is 0 Å². The monoisotopic (exact) mass is 282 g/mol. The molecule has 0 aromatic carbocycles. The summed E-state index contributed by atoms with van der Waals surface area (Å²) in [7, 11) is 0. The zero-order valence-corrected chi connectivity index (χ0v) is 8.49. The molecule has 0 N–H and O–H groups in total. The third kappa shape index (κ3) is 5.56. The van der Waals surface area contributed by atoms with Gasteiger partial charge in [-0.15, -0.1) is 0 Å². The van der Waals surface area contributed by atoms with Crippen LogP contribution in [0, 0.1) is 0 Å². The Hall–Kier alpha value is 1.56. The van der Waals surface area contributed by atoms with Crippen LogP contribution in [0.4, 0.5) is 0 Å². The first kappa shape index (κ1) is 7.56. The fraction of sp³-hybridized carbons (Fsp3) is 1.00. The molecule has 0 spiro atoms. The SMILES string of the molecule is [Se][Se]CCC[Se-]. The average molecular weight is 279 g/mol. The van der Waals surface area contributed by atoms with Gasteiger partial charge in [0.1, 0.15) is 0 Å². The van der Waals surface area contributed by atoms with Gasteiger partial charge < -0.3 is 0 Å². The Kier molecular flexibility index (Phi) is 8.26. The minimum atomic E-state index is 0.782. The van der Waals surface area contributed by atoms with Crippen LogP contribution in [0.5, 0.6) is 0 Å². The summed E-state index contributed by atoms with van der Waals surface area (Å²) in [6, 6.07) is 0. The molecule has 0 amide bonds. The van der Waals surface area contributed by atoms with Crippen molar-refractivity contribution in [1.82, 2.24) is 0 Å². The first-order valence-electron chi connectivity index (χ1n) is 1.74. The van der Waals surface area contributed by atoms with Gasteiger partial charge in [-0.1, -0.05) is 0 Å². The molecule has 0 bridgehead atoms. The Bertz CT molecular complexity index is 18.0. The van der Waals surface area contributed by atoms with Crippen LogP contribution < -0.4 is 0 Å². The van der Waals surface area contributed by atoms with E-state index in [0.29, 0.717) is 0 Å². The van der Waals surface area contributed by atoms with E-state index in [2.05, 4.69) is 30.2 Å². The van der Waals surface area contributed by atoms with Crippen molar-refractivity contribution in [2.45, 2.75) is 17.1 Å². The molecule has 0 saturated heterocycles. The number of hydrogen-bond donors (Lipinski definition) is 0. The van der Waals surface area contributed by atoms with E-state index in [9.17, 15) is 0 Å². The first-order valence-corrected chi connectivity index (χ1v) is 8.50. The van der Waals surface area contributed by atoms with Gasteiger partial charge in [-0.3, -0.25) is 0 Å². The Morgan fingerprint density at radius 2 is 2.33 bits per heavy atom. The summed E-state index contributed by atoms with van der Waals surface area (Å²) in [5.41, 5.74) is 0. The Balaban J connectivity index is 2.34. The van der Waals surface area contributed by atoms with Crippen LogP contribution >= 0.6 is 0 Å². The van der Waals surface area contributed by atoms with Gasteiger partial charge in [-0.2, -0.15) is 0 Å². The molecule has 0 rings (SSSR count). The molecule has 6 heavy (non-hydrogen) atoms. The molecule has 0 nitrogen and oxygen atoms in total.